The van der Waals surface area contributed by atoms with E-state index in [1.807, 2.05) is 19.1 Å². The Morgan fingerprint density at radius 3 is 2.84 bits per heavy atom. The van der Waals surface area contributed by atoms with Crippen LogP contribution in [0.2, 0.25) is 0 Å². The molecule has 0 spiro atoms. The Morgan fingerprint density at radius 2 is 2.19 bits per heavy atom. The van der Waals surface area contributed by atoms with Crippen molar-refractivity contribution in [2.45, 2.75) is 32.4 Å². The number of benzene rings is 1. The lowest BCUT2D eigenvalue weighted by molar-refractivity contribution is -0.125. The molecule has 2 aliphatic heterocycles. The number of hydroxylamine groups is 1. The van der Waals surface area contributed by atoms with Crippen LogP contribution in [0, 0.1) is 5.82 Å². The summed E-state index contributed by atoms with van der Waals surface area (Å²) in [5.74, 6) is -0.861. The van der Waals surface area contributed by atoms with Crippen molar-refractivity contribution in [3.8, 4) is 0 Å². The lowest BCUT2D eigenvalue weighted by atomic mass is 10.0. The molecule has 1 aromatic rings. The molecule has 2 fully saturated rings. The highest BCUT2D eigenvalue weighted by Gasteiger charge is 2.32. The fourth-order valence-corrected chi connectivity index (χ4v) is 3.39. The first-order chi connectivity index (χ1) is 15.4. The normalized spacial score (nSPS) is 21.2. The van der Waals surface area contributed by atoms with Crippen molar-refractivity contribution < 1.29 is 28.3 Å². The molecule has 10 heteroatoms. The van der Waals surface area contributed by atoms with Crippen LogP contribution in [-0.4, -0.2) is 56.3 Å². The van der Waals surface area contributed by atoms with Crippen LogP contribution in [0.25, 0.3) is 5.57 Å². The van der Waals surface area contributed by atoms with Gasteiger partial charge < -0.3 is 15.4 Å². The van der Waals surface area contributed by atoms with E-state index in [2.05, 4.69) is 16.1 Å². The summed E-state index contributed by atoms with van der Waals surface area (Å²) in [6.07, 6.45) is 5.10. The van der Waals surface area contributed by atoms with Crippen molar-refractivity contribution in [2.24, 2.45) is 0 Å². The van der Waals surface area contributed by atoms with Crippen molar-refractivity contribution >= 4 is 29.2 Å². The zero-order chi connectivity index (χ0) is 23.1. The number of amides is 3. The maximum absolute atomic E-state index is 14.9. The van der Waals surface area contributed by atoms with Crippen molar-refractivity contribution in [3.63, 3.8) is 0 Å². The van der Waals surface area contributed by atoms with E-state index in [4.69, 9.17) is 9.57 Å². The van der Waals surface area contributed by atoms with E-state index < -0.39 is 18.0 Å². The summed E-state index contributed by atoms with van der Waals surface area (Å²) in [5, 5.41) is 5.69. The number of allylic oxidation sites excluding steroid dienone is 3. The zero-order valence-electron chi connectivity index (χ0n) is 18.0. The Hall–Kier alpha value is -3.24. The first kappa shape index (κ1) is 23.4. The summed E-state index contributed by atoms with van der Waals surface area (Å²) in [4.78, 5) is 40.8. The van der Waals surface area contributed by atoms with Crippen LogP contribution in [0.3, 0.4) is 0 Å². The van der Waals surface area contributed by atoms with Gasteiger partial charge in [-0.1, -0.05) is 18.2 Å². The molecule has 2 aliphatic rings. The van der Waals surface area contributed by atoms with Gasteiger partial charge in [-0.3, -0.25) is 19.3 Å². The molecule has 0 aliphatic carbocycles. The minimum Gasteiger partial charge on any atom is -0.442 e. The van der Waals surface area contributed by atoms with Gasteiger partial charge in [0.25, 0.3) is 5.91 Å². The summed E-state index contributed by atoms with van der Waals surface area (Å²) < 4.78 is 20.1. The summed E-state index contributed by atoms with van der Waals surface area (Å²) >= 11 is 0. The van der Waals surface area contributed by atoms with Crippen LogP contribution >= 0.6 is 0 Å². The van der Waals surface area contributed by atoms with Crippen molar-refractivity contribution in [3.05, 3.63) is 47.8 Å². The Labute approximate surface area is 185 Å². The van der Waals surface area contributed by atoms with E-state index in [1.54, 1.807) is 18.2 Å². The summed E-state index contributed by atoms with van der Waals surface area (Å²) in [6.45, 7) is 4.50. The highest BCUT2D eigenvalue weighted by molar-refractivity contribution is 5.90. The third-order valence-electron chi connectivity index (χ3n) is 5.08. The number of nitrogens with one attached hydrogen (secondary N) is 3. The number of nitrogens with zero attached hydrogens (tertiary/aromatic N) is 1. The molecule has 1 aromatic carbocycles. The Bertz CT molecular complexity index is 933. The fourth-order valence-electron chi connectivity index (χ4n) is 3.39. The molecule has 0 bridgehead atoms. The van der Waals surface area contributed by atoms with Crippen LogP contribution in [0.15, 0.2) is 36.4 Å². The highest BCUT2D eigenvalue weighted by atomic mass is 19.1. The number of ether oxygens (including phenoxy) is 1. The number of rotatable bonds is 9. The lowest BCUT2D eigenvalue weighted by Gasteiger charge is -2.15. The molecule has 0 radical (unpaired) electrons. The zero-order valence-corrected chi connectivity index (χ0v) is 18.0. The summed E-state index contributed by atoms with van der Waals surface area (Å²) in [7, 11) is 0. The molecule has 3 rings (SSSR count). The number of halogens is 1. The van der Waals surface area contributed by atoms with Gasteiger partial charge in [0.1, 0.15) is 18.0 Å². The van der Waals surface area contributed by atoms with Crippen LogP contribution in [0.5, 0.6) is 0 Å². The lowest BCUT2D eigenvalue weighted by Crippen LogP contribution is -2.38. The molecule has 172 valence electrons. The molecular formula is C22H27FN4O5. The van der Waals surface area contributed by atoms with Crippen LogP contribution < -0.4 is 21.0 Å². The fraction of sp³-hybridized carbons (Fsp3) is 0.409. The predicted molar refractivity (Wildman–Crippen MR) is 116 cm³/mol. The first-order valence-corrected chi connectivity index (χ1v) is 10.4. The molecule has 3 N–H and O–H groups in total. The standard InChI is InChI=1S/C22H27FN4O5/c1-3-15(6-4-5-9-24-20-13-31-26-21(20)29)18-8-7-16(10-19(18)23)27-12-17(32-22(27)30)11-25-14(2)28/h3-4,6-8,10,17,20,24H,5,9,11-13H2,1-2H3,(H,25,28)(H,26,29)/b6-4-,15-3+/t17-,20-/m0/s1. The topological polar surface area (TPSA) is 109 Å². The number of anilines is 1. The molecule has 2 atom stereocenters. The van der Waals surface area contributed by atoms with Crippen LogP contribution in [-0.2, 0) is 19.2 Å². The number of hydrogen-bond acceptors (Lipinski definition) is 6. The Morgan fingerprint density at radius 1 is 1.38 bits per heavy atom. The number of carbonyl (C=O) groups is 3. The van der Waals surface area contributed by atoms with Gasteiger partial charge in [0.2, 0.25) is 5.91 Å². The quantitative estimate of drug-likeness (QED) is 0.393. The van der Waals surface area contributed by atoms with E-state index in [-0.39, 0.29) is 30.9 Å². The second-order valence-corrected chi connectivity index (χ2v) is 7.44. The molecule has 32 heavy (non-hydrogen) atoms. The largest absolute Gasteiger partial charge is 0.442 e. The Balaban J connectivity index is 1.57. The minimum atomic E-state index is -0.576. The number of carbonyl (C=O) groups excluding carboxylic acids is 3. The average Bonchev–Trinajstić information content (AvgIpc) is 3.34. The molecule has 2 saturated heterocycles. The van der Waals surface area contributed by atoms with Gasteiger partial charge in [-0.25, -0.2) is 14.7 Å². The Kier molecular flexibility index (Phi) is 7.96. The first-order valence-electron chi connectivity index (χ1n) is 10.4. The van der Waals surface area contributed by atoms with Crippen LogP contribution in [0.1, 0.15) is 25.8 Å². The van der Waals surface area contributed by atoms with Gasteiger partial charge in [-0.2, -0.15) is 0 Å². The molecule has 9 nitrogen and oxygen atoms in total. The molecule has 0 aromatic heterocycles. The second-order valence-electron chi connectivity index (χ2n) is 7.44. The predicted octanol–water partition coefficient (Wildman–Crippen LogP) is 1.66. The van der Waals surface area contributed by atoms with Crippen molar-refractivity contribution in [2.75, 3.05) is 31.1 Å². The monoisotopic (exact) mass is 446 g/mol. The average molecular weight is 446 g/mol. The highest BCUT2D eigenvalue weighted by Crippen LogP contribution is 2.27. The number of hydrogen-bond donors (Lipinski definition) is 3. The van der Waals surface area contributed by atoms with E-state index in [9.17, 15) is 18.8 Å². The van der Waals surface area contributed by atoms with Crippen molar-refractivity contribution in [1.82, 2.24) is 16.1 Å². The summed E-state index contributed by atoms with van der Waals surface area (Å²) in [6, 6.07) is 4.23. The third-order valence-corrected chi connectivity index (χ3v) is 5.08. The molecule has 0 unspecified atom stereocenters. The van der Waals surface area contributed by atoms with E-state index in [0.29, 0.717) is 36.4 Å². The minimum absolute atomic E-state index is 0.186. The maximum atomic E-state index is 14.9. The van der Waals surface area contributed by atoms with Gasteiger partial charge in [0.15, 0.2) is 0 Å². The van der Waals surface area contributed by atoms with Crippen molar-refractivity contribution in [1.29, 1.82) is 0 Å². The number of cyclic esters (lactones) is 1. The van der Waals surface area contributed by atoms with E-state index in [1.165, 1.54) is 17.9 Å². The van der Waals surface area contributed by atoms with Gasteiger partial charge in [-0.15, -0.1) is 0 Å². The van der Waals surface area contributed by atoms with E-state index >= 15 is 0 Å². The third kappa shape index (κ3) is 5.92. The SMILES string of the molecule is C/C=C(\C=C/CCN[C@H]1CONC1=O)c1ccc(N2C[C@H](CNC(C)=O)OC2=O)cc1F. The second kappa shape index (κ2) is 10.9. The van der Waals surface area contributed by atoms with Crippen LogP contribution in [0.4, 0.5) is 14.9 Å². The molecular weight excluding hydrogens is 419 g/mol. The molecule has 2 heterocycles. The molecule has 3 amide bonds. The summed E-state index contributed by atoms with van der Waals surface area (Å²) in [5.41, 5.74) is 3.78. The van der Waals surface area contributed by atoms with Gasteiger partial charge in [0, 0.05) is 12.5 Å². The van der Waals surface area contributed by atoms with Gasteiger partial charge >= 0.3 is 6.09 Å². The van der Waals surface area contributed by atoms with E-state index in [0.717, 1.165) is 0 Å². The van der Waals surface area contributed by atoms with Gasteiger partial charge in [0.05, 0.1) is 25.4 Å². The maximum Gasteiger partial charge on any atom is 0.414 e. The molecule has 0 saturated carbocycles. The van der Waals surface area contributed by atoms with Gasteiger partial charge in [-0.05, 0) is 43.7 Å². The smallest absolute Gasteiger partial charge is 0.414 e.